The molecule has 0 radical (unpaired) electrons. The fourth-order valence-electron chi connectivity index (χ4n) is 2.34. The molecule has 122 valence electrons. The van der Waals surface area contributed by atoms with Crippen LogP contribution in [0.5, 0.6) is 0 Å². The van der Waals surface area contributed by atoms with Crippen LogP contribution in [0.1, 0.15) is 22.0 Å². The largest absolute Gasteiger partial charge is 0.387 e. The molecule has 2 N–H and O–H groups in total. The number of amides is 1. The summed E-state index contributed by atoms with van der Waals surface area (Å²) in [6.07, 6.45) is 2.31. The summed E-state index contributed by atoms with van der Waals surface area (Å²) in [5, 5.41) is 21.1. The molecule has 0 bridgehead atoms. The maximum absolute atomic E-state index is 12.5. The molecule has 0 fully saturated rings. The maximum atomic E-state index is 12.5. The number of halogens is 1. The van der Waals surface area contributed by atoms with E-state index in [2.05, 4.69) is 15.6 Å². The molecule has 1 aromatic heterocycles. The number of carbonyl (C=O) groups is 1. The summed E-state index contributed by atoms with van der Waals surface area (Å²) in [5.74, 6) is -0.313. The summed E-state index contributed by atoms with van der Waals surface area (Å²) in [4.78, 5) is 12.5. The van der Waals surface area contributed by atoms with E-state index in [0.29, 0.717) is 21.8 Å². The third-order valence-corrected chi connectivity index (χ3v) is 3.88. The van der Waals surface area contributed by atoms with Crippen LogP contribution in [0.4, 0.5) is 0 Å². The van der Waals surface area contributed by atoms with Crippen molar-refractivity contribution in [1.82, 2.24) is 20.3 Å². The van der Waals surface area contributed by atoms with Crippen LogP contribution in [-0.2, 0) is 0 Å². The Morgan fingerprint density at radius 3 is 2.71 bits per heavy atom. The van der Waals surface area contributed by atoms with Crippen molar-refractivity contribution in [3.63, 3.8) is 0 Å². The molecule has 0 spiro atoms. The number of para-hydroxylation sites is 1. The van der Waals surface area contributed by atoms with Crippen molar-refractivity contribution in [2.75, 3.05) is 6.54 Å². The molecule has 6 nitrogen and oxygen atoms in total. The molecule has 7 heteroatoms. The lowest BCUT2D eigenvalue weighted by atomic mass is 10.1. The fourth-order valence-corrected chi connectivity index (χ4v) is 2.60. The van der Waals surface area contributed by atoms with E-state index in [0.717, 1.165) is 0 Å². The van der Waals surface area contributed by atoms with Gasteiger partial charge >= 0.3 is 0 Å². The first kappa shape index (κ1) is 16.2. The standard InChI is InChI=1S/C17H15ClN4O2/c18-14-7-3-1-5-12(14)16(23)11-19-17(24)13-6-2-4-8-15(13)22-10-9-20-21-22/h1-10,16,23H,11H2,(H,19,24). The summed E-state index contributed by atoms with van der Waals surface area (Å²) in [6, 6.07) is 14.0. The zero-order valence-electron chi connectivity index (χ0n) is 12.6. The molecule has 0 saturated heterocycles. The van der Waals surface area contributed by atoms with Crippen LogP contribution in [0.2, 0.25) is 5.02 Å². The van der Waals surface area contributed by atoms with E-state index in [4.69, 9.17) is 11.6 Å². The van der Waals surface area contributed by atoms with Gasteiger partial charge in [0.05, 0.1) is 29.7 Å². The SMILES string of the molecule is O=C(NCC(O)c1ccccc1Cl)c1ccccc1-n1ccnn1. The normalized spacial score (nSPS) is 11.9. The van der Waals surface area contributed by atoms with Gasteiger partial charge in [0.15, 0.2) is 0 Å². The van der Waals surface area contributed by atoms with Crippen LogP contribution in [0.15, 0.2) is 60.9 Å². The molecule has 3 rings (SSSR count). The molecule has 2 aromatic carbocycles. The molecule has 1 atom stereocenters. The van der Waals surface area contributed by atoms with E-state index in [1.54, 1.807) is 48.7 Å². The molecule has 24 heavy (non-hydrogen) atoms. The predicted octanol–water partition coefficient (Wildman–Crippen LogP) is 2.38. The Balaban J connectivity index is 1.74. The topological polar surface area (TPSA) is 80.0 Å². The average Bonchev–Trinajstić information content (AvgIpc) is 3.14. The molecule has 1 amide bonds. The predicted molar refractivity (Wildman–Crippen MR) is 90.1 cm³/mol. The summed E-state index contributed by atoms with van der Waals surface area (Å²) in [5.41, 5.74) is 1.62. The monoisotopic (exact) mass is 342 g/mol. The van der Waals surface area contributed by atoms with E-state index >= 15 is 0 Å². The Labute approximate surface area is 143 Å². The number of aliphatic hydroxyl groups excluding tert-OH is 1. The Morgan fingerprint density at radius 1 is 1.21 bits per heavy atom. The van der Waals surface area contributed by atoms with E-state index < -0.39 is 6.10 Å². The van der Waals surface area contributed by atoms with Crippen LogP contribution in [0.25, 0.3) is 5.69 Å². The van der Waals surface area contributed by atoms with Crippen molar-refractivity contribution in [2.45, 2.75) is 6.10 Å². The van der Waals surface area contributed by atoms with Crippen molar-refractivity contribution in [2.24, 2.45) is 0 Å². The second-order valence-electron chi connectivity index (χ2n) is 5.11. The summed E-state index contributed by atoms with van der Waals surface area (Å²) in [7, 11) is 0. The molecule has 0 aliphatic heterocycles. The van der Waals surface area contributed by atoms with Gasteiger partial charge in [0.25, 0.3) is 5.91 Å². The van der Waals surface area contributed by atoms with Gasteiger partial charge in [-0.15, -0.1) is 5.10 Å². The molecule has 0 saturated carbocycles. The summed E-state index contributed by atoms with van der Waals surface area (Å²) in [6.45, 7) is 0.0499. The fraction of sp³-hybridized carbons (Fsp3) is 0.118. The smallest absolute Gasteiger partial charge is 0.253 e. The minimum Gasteiger partial charge on any atom is -0.387 e. The minimum atomic E-state index is -0.888. The highest BCUT2D eigenvalue weighted by atomic mass is 35.5. The number of hydrogen-bond donors (Lipinski definition) is 2. The van der Waals surface area contributed by atoms with Gasteiger partial charge in [-0.05, 0) is 18.2 Å². The van der Waals surface area contributed by atoms with E-state index in [1.807, 2.05) is 6.07 Å². The van der Waals surface area contributed by atoms with Gasteiger partial charge < -0.3 is 10.4 Å². The van der Waals surface area contributed by atoms with E-state index in [9.17, 15) is 9.90 Å². The molecule has 3 aromatic rings. The number of carbonyl (C=O) groups excluding carboxylic acids is 1. The second kappa shape index (κ2) is 7.25. The second-order valence-corrected chi connectivity index (χ2v) is 5.52. The number of aliphatic hydroxyl groups is 1. The molecule has 1 heterocycles. The molecule has 1 unspecified atom stereocenters. The van der Waals surface area contributed by atoms with Crippen LogP contribution in [0.3, 0.4) is 0 Å². The lowest BCUT2D eigenvalue weighted by Crippen LogP contribution is -2.29. The first-order valence-corrected chi connectivity index (χ1v) is 7.71. The third kappa shape index (κ3) is 3.45. The quantitative estimate of drug-likeness (QED) is 0.746. The van der Waals surface area contributed by atoms with Gasteiger partial charge in [-0.2, -0.15) is 0 Å². The molecule has 0 aliphatic rings. The number of hydrogen-bond acceptors (Lipinski definition) is 4. The van der Waals surface area contributed by atoms with Crippen LogP contribution in [0, 0.1) is 0 Å². The third-order valence-electron chi connectivity index (χ3n) is 3.54. The van der Waals surface area contributed by atoms with Gasteiger partial charge in [0, 0.05) is 17.1 Å². The van der Waals surface area contributed by atoms with Crippen LogP contribution in [-0.4, -0.2) is 32.6 Å². The van der Waals surface area contributed by atoms with Crippen molar-refractivity contribution in [3.8, 4) is 5.69 Å². The van der Waals surface area contributed by atoms with Gasteiger partial charge in [-0.1, -0.05) is 47.1 Å². The van der Waals surface area contributed by atoms with Gasteiger partial charge in [-0.25, -0.2) is 4.68 Å². The van der Waals surface area contributed by atoms with Crippen molar-refractivity contribution < 1.29 is 9.90 Å². The molecule has 0 aliphatic carbocycles. The van der Waals surface area contributed by atoms with Gasteiger partial charge in [0.1, 0.15) is 0 Å². The Kier molecular flexibility index (Phi) is 4.88. The van der Waals surface area contributed by atoms with Gasteiger partial charge in [0.2, 0.25) is 0 Å². The highest BCUT2D eigenvalue weighted by molar-refractivity contribution is 6.31. The summed E-state index contributed by atoms with van der Waals surface area (Å²) >= 11 is 6.05. The van der Waals surface area contributed by atoms with Crippen molar-refractivity contribution >= 4 is 17.5 Å². The minimum absolute atomic E-state index is 0.0499. The van der Waals surface area contributed by atoms with Gasteiger partial charge in [-0.3, -0.25) is 4.79 Å². The van der Waals surface area contributed by atoms with Crippen LogP contribution >= 0.6 is 11.6 Å². The zero-order valence-corrected chi connectivity index (χ0v) is 13.4. The Hall–Kier alpha value is -2.70. The lowest BCUT2D eigenvalue weighted by Gasteiger charge is -2.14. The van der Waals surface area contributed by atoms with Crippen molar-refractivity contribution in [3.05, 3.63) is 77.1 Å². The number of rotatable bonds is 5. The number of nitrogens with one attached hydrogen (secondary N) is 1. The molecular formula is C17H15ClN4O2. The first-order chi connectivity index (χ1) is 11.7. The number of benzene rings is 2. The average molecular weight is 343 g/mol. The highest BCUT2D eigenvalue weighted by Crippen LogP contribution is 2.22. The first-order valence-electron chi connectivity index (χ1n) is 7.33. The number of aromatic nitrogens is 3. The highest BCUT2D eigenvalue weighted by Gasteiger charge is 2.16. The van der Waals surface area contributed by atoms with Crippen molar-refractivity contribution in [1.29, 1.82) is 0 Å². The van der Waals surface area contributed by atoms with E-state index in [-0.39, 0.29) is 12.5 Å². The summed E-state index contributed by atoms with van der Waals surface area (Å²) < 4.78 is 1.51. The number of nitrogens with zero attached hydrogens (tertiary/aromatic N) is 3. The Bertz CT molecular complexity index is 836. The maximum Gasteiger partial charge on any atom is 0.253 e. The lowest BCUT2D eigenvalue weighted by molar-refractivity contribution is 0.0916. The van der Waals surface area contributed by atoms with E-state index in [1.165, 1.54) is 10.9 Å². The van der Waals surface area contributed by atoms with Crippen LogP contribution < -0.4 is 5.32 Å². The Morgan fingerprint density at radius 2 is 1.96 bits per heavy atom. The zero-order chi connectivity index (χ0) is 16.9. The molecular weight excluding hydrogens is 328 g/mol.